The van der Waals surface area contributed by atoms with Crippen molar-refractivity contribution in [3.63, 3.8) is 0 Å². The second-order valence-electron chi connectivity index (χ2n) is 10.3. The third-order valence-corrected chi connectivity index (χ3v) is 8.60. The number of fused-ring (bicyclic) bond motifs is 1. The van der Waals surface area contributed by atoms with Crippen LogP contribution in [0.15, 0.2) is 11.6 Å². The van der Waals surface area contributed by atoms with E-state index in [2.05, 4.69) is 39.5 Å². The van der Waals surface area contributed by atoms with Crippen molar-refractivity contribution >= 4 is 34.4 Å². The summed E-state index contributed by atoms with van der Waals surface area (Å²) in [7, 11) is 0. The first-order valence-electron chi connectivity index (χ1n) is 12.7. The molecule has 1 amide bonds. The third-order valence-electron chi connectivity index (χ3n) is 7.83. The second-order valence-corrected chi connectivity index (χ2v) is 11.2. The standard InChI is InChI=1S/C24H32N8O2S/c1-13-6-8-15(9-7-13)12-32-17-18(26-14(2)16-4-3-5-16)27-20(21-30-24(33)34-31-21)28-19(17)29-22(32)23-25-10-11-35-23/h10-11,13-16,21,31H,3-9,12H2,1-2H3,(H,30,33)(H,26,27,28)/t13?,14-,15?,21?/m1/s1. The second kappa shape index (κ2) is 9.34. The van der Waals surface area contributed by atoms with E-state index in [-0.39, 0.29) is 6.04 Å². The number of hydrogen-bond acceptors (Lipinski definition) is 9. The quantitative estimate of drug-likeness (QED) is 0.434. The molecule has 6 rings (SSSR count). The number of carbonyl (C=O) groups is 1. The van der Waals surface area contributed by atoms with Crippen LogP contribution in [0.4, 0.5) is 10.6 Å². The van der Waals surface area contributed by atoms with E-state index in [9.17, 15) is 4.79 Å². The molecule has 0 spiro atoms. The summed E-state index contributed by atoms with van der Waals surface area (Å²) < 4.78 is 2.28. The average Bonchev–Trinajstić information content (AvgIpc) is 3.54. The maximum absolute atomic E-state index is 11.7. The monoisotopic (exact) mass is 496 g/mol. The van der Waals surface area contributed by atoms with E-state index in [4.69, 9.17) is 19.8 Å². The summed E-state index contributed by atoms with van der Waals surface area (Å²) in [6.45, 7) is 5.44. The highest BCUT2D eigenvalue weighted by atomic mass is 32.1. The van der Waals surface area contributed by atoms with Crippen LogP contribution in [-0.2, 0) is 11.4 Å². The highest BCUT2D eigenvalue weighted by Gasteiger charge is 2.31. The van der Waals surface area contributed by atoms with E-state index in [1.807, 2.05) is 11.6 Å². The SMILES string of the molecule is CC1CCC(Cn2c(-c3nccs3)nc3nc(C4NOC(=O)N4)nc(N[C@H](C)C4CCC4)c32)CC1. The van der Waals surface area contributed by atoms with Gasteiger partial charge in [-0.2, -0.15) is 0 Å². The van der Waals surface area contributed by atoms with E-state index in [1.165, 1.54) is 44.9 Å². The van der Waals surface area contributed by atoms with Crippen molar-refractivity contribution in [2.75, 3.05) is 5.32 Å². The number of nitrogens with one attached hydrogen (secondary N) is 3. The van der Waals surface area contributed by atoms with Gasteiger partial charge < -0.3 is 14.7 Å². The Kier molecular flexibility index (Phi) is 6.05. The number of rotatable bonds is 7. The minimum absolute atomic E-state index is 0.277. The van der Waals surface area contributed by atoms with Gasteiger partial charge in [-0.25, -0.2) is 24.7 Å². The van der Waals surface area contributed by atoms with Crippen molar-refractivity contribution in [1.82, 2.24) is 35.3 Å². The molecule has 0 aromatic carbocycles. The van der Waals surface area contributed by atoms with Gasteiger partial charge in [0.25, 0.3) is 0 Å². The third kappa shape index (κ3) is 4.47. The topological polar surface area (TPSA) is 119 Å². The van der Waals surface area contributed by atoms with Crippen LogP contribution in [0.2, 0.25) is 0 Å². The summed E-state index contributed by atoms with van der Waals surface area (Å²) in [6.07, 6.45) is 9.35. The fraction of sp³-hybridized carbons (Fsp3) is 0.625. The number of nitrogens with zero attached hydrogens (tertiary/aromatic N) is 5. The Hall–Kier alpha value is -2.79. The summed E-state index contributed by atoms with van der Waals surface area (Å²) in [6, 6.07) is 0.277. The van der Waals surface area contributed by atoms with Gasteiger partial charge in [-0.3, -0.25) is 5.32 Å². The molecular weight excluding hydrogens is 464 g/mol. The normalized spacial score (nSPS) is 25.8. The molecule has 35 heavy (non-hydrogen) atoms. The van der Waals surface area contributed by atoms with Crippen LogP contribution in [0, 0.1) is 17.8 Å². The van der Waals surface area contributed by atoms with Crippen molar-refractivity contribution < 1.29 is 9.63 Å². The van der Waals surface area contributed by atoms with Crippen molar-refractivity contribution in [3.05, 3.63) is 17.4 Å². The Morgan fingerprint density at radius 2 is 2.03 bits per heavy atom. The number of anilines is 1. The first-order chi connectivity index (χ1) is 17.0. The highest BCUT2D eigenvalue weighted by molar-refractivity contribution is 7.13. The van der Waals surface area contributed by atoms with E-state index in [0.29, 0.717) is 23.3 Å². The highest BCUT2D eigenvalue weighted by Crippen LogP contribution is 2.36. The Bertz CT molecular complexity index is 1200. The lowest BCUT2D eigenvalue weighted by atomic mass is 9.80. The van der Waals surface area contributed by atoms with Crippen LogP contribution in [0.1, 0.15) is 70.8 Å². The molecule has 3 aromatic rings. The molecule has 4 heterocycles. The first-order valence-corrected chi connectivity index (χ1v) is 13.6. The van der Waals surface area contributed by atoms with E-state index in [0.717, 1.165) is 34.6 Å². The molecule has 0 radical (unpaired) electrons. The first kappa shape index (κ1) is 22.7. The average molecular weight is 497 g/mol. The van der Waals surface area contributed by atoms with Gasteiger partial charge in [0.1, 0.15) is 5.52 Å². The van der Waals surface area contributed by atoms with Crippen LogP contribution in [0.5, 0.6) is 0 Å². The molecule has 10 nitrogen and oxygen atoms in total. The van der Waals surface area contributed by atoms with Crippen molar-refractivity contribution in [2.24, 2.45) is 17.8 Å². The number of amides is 1. The number of hydroxylamine groups is 1. The lowest BCUT2D eigenvalue weighted by Crippen LogP contribution is -2.32. The lowest BCUT2D eigenvalue weighted by molar-refractivity contribution is 0.120. The van der Waals surface area contributed by atoms with E-state index < -0.39 is 12.3 Å². The summed E-state index contributed by atoms with van der Waals surface area (Å²) >= 11 is 1.58. The van der Waals surface area contributed by atoms with E-state index in [1.54, 1.807) is 11.3 Å². The van der Waals surface area contributed by atoms with Crippen molar-refractivity contribution in [3.8, 4) is 10.8 Å². The summed E-state index contributed by atoms with van der Waals surface area (Å²) in [4.78, 5) is 35.8. The molecule has 1 saturated heterocycles. The summed E-state index contributed by atoms with van der Waals surface area (Å²) in [5.74, 6) is 4.03. The molecule has 2 saturated carbocycles. The zero-order valence-corrected chi connectivity index (χ0v) is 21.0. The van der Waals surface area contributed by atoms with Gasteiger partial charge in [0.15, 0.2) is 34.3 Å². The van der Waals surface area contributed by atoms with Gasteiger partial charge in [-0.05, 0) is 50.4 Å². The Morgan fingerprint density at radius 1 is 1.20 bits per heavy atom. The summed E-state index contributed by atoms with van der Waals surface area (Å²) in [5, 5.41) is 9.26. The molecular formula is C24H32N8O2S. The number of carbonyl (C=O) groups excluding carboxylic acids is 1. The Labute approximate surface area is 208 Å². The zero-order chi connectivity index (χ0) is 23.9. The molecule has 3 aliphatic rings. The van der Waals surface area contributed by atoms with E-state index >= 15 is 0 Å². The van der Waals surface area contributed by atoms with Crippen molar-refractivity contribution in [1.29, 1.82) is 0 Å². The maximum atomic E-state index is 11.7. The predicted octanol–water partition coefficient (Wildman–Crippen LogP) is 4.62. The smallest absolute Gasteiger partial charge is 0.365 e. The molecule has 2 aliphatic carbocycles. The van der Waals surface area contributed by atoms with Crippen LogP contribution in [0.25, 0.3) is 22.0 Å². The molecule has 186 valence electrons. The minimum atomic E-state index is -0.625. The largest absolute Gasteiger partial charge is 0.427 e. The number of hydrogen-bond donors (Lipinski definition) is 3. The van der Waals surface area contributed by atoms with Gasteiger partial charge >= 0.3 is 6.09 Å². The molecule has 0 bridgehead atoms. The number of imidazole rings is 1. The lowest BCUT2D eigenvalue weighted by Gasteiger charge is -2.32. The number of thiazole rings is 1. The van der Waals surface area contributed by atoms with Gasteiger partial charge in [0.2, 0.25) is 0 Å². The van der Waals surface area contributed by atoms with Gasteiger partial charge in [-0.15, -0.1) is 16.8 Å². The van der Waals surface area contributed by atoms with Gasteiger partial charge in [0.05, 0.1) is 0 Å². The van der Waals surface area contributed by atoms with Crippen molar-refractivity contribution in [2.45, 2.75) is 77.5 Å². The fourth-order valence-electron chi connectivity index (χ4n) is 5.41. The molecule has 1 aliphatic heterocycles. The molecule has 3 N–H and O–H groups in total. The maximum Gasteiger partial charge on any atom is 0.427 e. The van der Waals surface area contributed by atoms with Gasteiger partial charge in [-0.1, -0.05) is 26.2 Å². The number of aromatic nitrogens is 5. The fourth-order valence-corrected chi connectivity index (χ4v) is 6.04. The summed E-state index contributed by atoms with van der Waals surface area (Å²) in [5.41, 5.74) is 4.19. The molecule has 1 unspecified atom stereocenters. The molecule has 2 atom stereocenters. The molecule has 3 aromatic heterocycles. The van der Waals surface area contributed by atoms with Crippen LogP contribution >= 0.6 is 11.3 Å². The van der Waals surface area contributed by atoms with Crippen LogP contribution in [-0.4, -0.2) is 36.6 Å². The van der Waals surface area contributed by atoms with Crippen LogP contribution in [0.3, 0.4) is 0 Å². The Morgan fingerprint density at radius 3 is 2.69 bits per heavy atom. The van der Waals surface area contributed by atoms with Gasteiger partial charge in [0, 0.05) is 24.2 Å². The molecule has 3 fully saturated rings. The zero-order valence-electron chi connectivity index (χ0n) is 20.2. The predicted molar refractivity (Wildman–Crippen MR) is 133 cm³/mol. The van der Waals surface area contributed by atoms with Crippen LogP contribution < -0.4 is 16.1 Å². The minimum Gasteiger partial charge on any atom is -0.365 e. The Balaban J connectivity index is 1.45. The molecule has 11 heteroatoms.